The maximum absolute atomic E-state index is 4.93. The topological polar surface area (TPSA) is 12.9 Å². The number of pyridine rings is 1. The normalized spacial score (nSPS) is 10.1. The molecule has 0 amide bonds. The molecule has 0 fully saturated rings. The van der Waals surface area contributed by atoms with Crippen molar-refractivity contribution in [3.63, 3.8) is 0 Å². The van der Waals surface area contributed by atoms with Crippen LogP contribution in [0.3, 0.4) is 0 Å². The van der Waals surface area contributed by atoms with Gasteiger partial charge < -0.3 is 0 Å². The number of nitrogens with zero attached hydrogens (tertiary/aromatic N) is 1. The average Bonchev–Trinajstić information content (AvgIpc) is 3.55. The van der Waals surface area contributed by atoms with Gasteiger partial charge in [0, 0.05) is 21.1 Å². The van der Waals surface area contributed by atoms with Crippen molar-refractivity contribution in [1.29, 1.82) is 0 Å². The minimum absolute atomic E-state index is 0.826. The molecule has 1 aromatic heterocycles. The second kappa shape index (κ2) is 16.9. The van der Waals surface area contributed by atoms with Crippen molar-refractivity contribution in [1.82, 2.24) is 4.98 Å². The van der Waals surface area contributed by atoms with Gasteiger partial charge in [-0.2, -0.15) is 12.1 Å². The van der Waals surface area contributed by atoms with Crippen LogP contribution >= 0.6 is 17.0 Å². The molecule has 0 aliphatic heterocycles. The molecule has 0 aliphatic rings. The number of hydrogen-bond acceptors (Lipinski definition) is 1. The molecule has 0 unspecified atom stereocenters. The first-order chi connectivity index (χ1) is 19.1. The Kier molecular flexibility index (Phi) is 13.7. The van der Waals surface area contributed by atoms with Gasteiger partial charge in [-0.15, -0.1) is 75.1 Å². The third-order valence-electron chi connectivity index (χ3n) is 6.31. The molecule has 5 aromatic carbocycles. The van der Waals surface area contributed by atoms with Gasteiger partial charge in [-0.05, 0) is 18.1 Å². The fraction of sp³-hybridized carbons (Fsp3) is 0.206. The van der Waals surface area contributed by atoms with Gasteiger partial charge >= 0.3 is 37.9 Å². The van der Waals surface area contributed by atoms with Crippen molar-refractivity contribution in [2.75, 3.05) is 0 Å². The van der Waals surface area contributed by atoms with E-state index in [1.165, 1.54) is 68.4 Å². The number of para-hydroxylation sites is 1. The number of aryl methyl sites for hydroxylation is 2. The third kappa shape index (κ3) is 8.98. The number of fused-ring (bicyclic) bond motifs is 3. The van der Waals surface area contributed by atoms with Crippen LogP contribution in [0.2, 0.25) is 13.1 Å². The molecule has 0 saturated carbocycles. The number of rotatable bonds is 4. The first-order valence-electron chi connectivity index (χ1n) is 13.3. The molecule has 0 aliphatic carbocycles. The van der Waals surface area contributed by atoms with Crippen LogP contribution in [0.25, 0.3) is 43.6 Å². The molecule has 6 rings (SSSR count). The summed E-state index contributed by atoms with van der Waals surface area (Å²) in [6.07, 6.45) is 5.53. The van der Waals surface area contributed by atoms with Crippen LogP contribution in [0.4, 0.5) is 0 Å². The van der Waals surface area contributed by atoms with E-state index in [0.717, 1.165) is 15.0 Å². The van der Waals surface area contributed by atoms with E-state index in [4.69, 9.17) is 17.0 Å². The molecule has 6 aromatic rings. The third-order valence-corrected chi connectivity index (χ3v) is 6.31. The van der Waals surface area contributed by atoms with Crippen LogP contribution in [0.15, 0.2) is 103 Å². The molecule has 0 N–H and O–H groups in total. The van der Waals surface area contributed by atoms with Crippen LogP contribution < -0.4 is 0 Å². The summed E-state index contributed by atoms with van der Waals surface area (Å²) in [4.78, 5) is 4.62. The van der Waals surface area contributed by atoms with E-state index in [9.17, 15) is 0 Å². The summed E-state index contributed by atoms with van der Waals surface area (Å²) in [5, 5.41) is 6.57. The van der Waals surface area contributed by atoms with Gasteiger partial charge in [-0.1, -0.05) is 81.7 Å². The first kappa shape index (κ1) is 31.5. The Morgan fingerprint density at radius 3 is 2.18 bits per heavy atom. The summed E-state index contributed by atoms with van der Waals surface area (Å²) in [5.41, 5.74) is 6.39. The number of aromatic nitrogens is 1. The Hall–Kier alpha value is -2.03. The van der Waals surface area contributed by atoms with Crippen LogP contribution in [0.1, 0.15) is 30.9 Å². The van der Waals surface area contributed by atoms with Gasteiger partial charge in [-0.3, -0.25) is 4.98 Å². The zero-order valence-electron chi connectivity index (χ0n) is 23.1. The number of benzene rings is 3. The van der Waals surface area contributed by atoms with Crippen molar-refractivity contribution in [3.05, 3.63) is 114 Å². The Labute approximate surface area is 254 Å². The second-order valence-corrected chi connectivity index (χ2v) is 14.1. The van der Waals surface area contributed by atoms with Crippen molar-refractivity contribution in [2.45, 2.75) is 46.2 Å². The molecule has 198 valence electrons. The van der Waals surface area contributed by atoms with Crippen LogP contribution in [0.5, 0.6) is 0 Å². The summed E-state index contributed by atoms with van der Waals surface area (Å²) in [6.45, 7) is 8.68. The summed E-state index contributed by atoms with van der Waals surface area (Å²) in [5.74, 6) is 0. The van der Waals surface area contributed by atoms with Gasteiger partial charge in [0.2, 0.25) is 0 Å². The molecule has 0 saturated heterocycles. The summed E-state index contributed by atoms with van der Waals surface area (Å²) in [7, 11) is 11.0. The van der Waals surface area contributed by atoms with E-state index in [1.54, 1.807) is 0 Å². The molecule has 2 radical (unpaired) electrons. The van der Waals surface area contributed by atoms with E-state index in [0.29, 0.717) is 0 Å². The summed E-state index contributed by atoms with van der Waals surface area (Å²) in [6, 6.07) is 34.7. The molecule has 5 heteroatoms. The van der Waals surface area contributed by atoms with Crippen molar-refractivity contribution >= 4 is 59.0 Å². The molecule has 39 heavy (non-hydrogen) atoms. The van der Waals surface area contributed by atoms with Crippen molar-refractivity contribution in [3.8, 4) is 11.1 Å². The molecule has 0 bridgehead atoms. The molecular weight excluding hydrogens is 613 g/mol. The van der Waals surface area contributed by atoms with Crippen molar-refractivity contribution < 1.29 is 20.8 Å². The Bertz CT molecular complexity index is 1530. The monoisotopic (exact) mass is 645 g/mol. The summed E-state index contributed by atoms with van der Waals surface area (Å²) < 4.78 is 0. The molecule has 0 spiro atoms. The molecule has 1 heterocycles. The van der Waals surface area contributed by atoms with Crippen LogP contribution in [0, 0.1) is 6.92 Å². The molecule has 0 atom stereocenters. The minimum atomic E-state index is -0.826. The van der Waals surface area contributed by atoms with E-state index in [-0.39, 0.29) is 0 Å². The van der Waals surface area contributed by atoms with Gasteiger partial charge in [-0.25, -0.2) is 0 Å². The number of hydrogen-bond donors (Lipinski definition) is 0. The molecular formula is C34H35Cl2NSiZr. The van der Waals surface area contributed by atoms with Crippen LogP contribution in [-0.4, -0.2) is 14.5 Å². The standard InChI is InChI=1S/C22H20N.C10H9.C2H6Si.2ClH.Zr/c1-2-3-7-16-14-18-9-5-11-19(21(18)15-16)20-12-4-8-17-10-6-13-23-22(17)20;1-8-6-9-4-2-3-5-10(9)7-8;1-3-2;;;/h4-6,8-15H,2-3,7H2,1H3;2-7H,1H3;1-2H3;2*1H;/q2*-1;;;;+4/p-2. The zero-order chi connectivity index (χ0) is 28.0. The van der Waals surface area contributed by atoms with E-state index in [2.05, 4.69) is 123 Å². The average molecular weight is 648 g/mol. The Morgan fingerprint density at radius 2 is 1.44 bits per heavy atom. The quantitative estimate of drug-likeness (QED) is 0.137. The number of unbranched alkanes of at least 4 members (excludes halogenated alkanes) is 1. The van der Waals surface area contributed by atoms with Crippen molar-refractivity contribution in [2.24, 2.45) is 0 Å². The second-order valence-electron chi connectivity index (χ2n) is 9.39. The Morgan fingerprint density at radius 1 is 0.795 bits per heavy atom. The van der Waals surface area contributed by atoms with E-state index < -0.39 is 20.8 Å². The summed E-state index contributed by atoms with van der Waals surface area (Å²) >= 11 is -0.826. The Balaban J connectivity index is 0.000000217. The fourth-order valence-corrected chi connectivity index (χ4v) is 4.68. The first-order valence-corrected chi connectivity index (χ1v) is 21.6. The van der Waals surface area contributed by atoms with E-state index >= 15 is 0 Å². The van der Waals surface area contributed by atoms with Gasteiger partial charge in [0.05, 0.1) is 5.52 Å². The van der Waals surface area contributed by atoms with Gasteiger partial charge in [0.1, 0.15) is 0 Å². The maximum atomic E-state index is 4.93. The van der Waals surface area contributed by atoms with Crippen LogP contribution in [-0.2, 0) is 27.3 Å². The predicted molar refractivity (Wildman–Crippen MR) is 172 cm³/mol. The zero-order valence-corrected chi connectivity index (χ0v) is 28.1. The van der Waals surface area contributed by atoms with E-state index in [1.807, 2.05) is 12.3 Å². The van der Waals surface area contributed by atoms with Gasteiger partial charge in [0.25, 0.3) is 0 Å². The molecule has 1 nitrogen and oxygen atoms in total. The number of halogens is 2. The van der Waals surface area contributed by atoms with Gasteiger partial charge in [0.15, 0.2) is 0 Å². The fourth-order valence-electron chi connectivity index (χ4n) is 4.68. The predicted octanol–water partition coefficient (Wildman–Crippen LogP) is 11.1. The SMILES string of the molecule is CCCCc1cc2c(-c3cccc4cccnc34)cccc2[cH-]1.C[Si]C.Cc1cc2ccccc2[cH-]1.[Cl][Zr+2][Cl].